The number of unbranched alkanes of at least 4 members (excludes halogenated alkanes) is 3. The molecule has 0 spiro atoms. The van der Waals surface area contributed by atoms with Crippen LogP contribution in [-0.4, -0.2) is 26.2 Å². The highest BCUT2D eigenvalue weighted by atomic mass is 28.4. The zero-order valence-electron chi connectivity index (χ0n) is 18.0. The Hall–Kier alpha value is -0.683. The highest BCUT2D eigenvalue weighted by Gasteiger charge is 2.39. The molecule has 0 aromatic carbocycles. The minimum Gasteiger partial charge on any atom is -0.413 e. The number of hydrogen-bond acceptors (Lipinski definition) is 3. The predicted octanol–water partition coefficient (Wildman–Crippen LogP) is 5.43. The van der Waals surface area contributed by atoms with Crippen LogP contribution < -0.4 is 5.32 Å². The fourth-order valence-electron chi connectivity index (χ4n) is 2.17. The van der Waals surface area contributed by atoms with Gasteiger partial charge >= 0.3 is 0 Å². The summed E-state index contributed by atoms with van der Waals surface area (Å²) in [6.07, 6.45) is 5.66. The van der Waals surface area contributed by atoms with Crippen LogP contribution in [0, 0.1) is 5.41 Å². The maximum absolute atomic E-state index is 12.3. The lowest BCUT2D eigenvalue weighted by Gasteiger charge is -2.39. The van der Waals surface area contributed by atoms with Crippen molar-refractivity contribution < 1.29 is 14.0 Å². The van der Waals surface area contributed by atoms with Crippen LogP contribution in [0.1, 0.15) is 87.0 Å². The number of nitrogens with one attached hydrogen (secondary N) is 1. The van der Waals surface area contributed by atoms with Crippen molar-refractivity contribution in [3.63, 3.8) is 0 Å². The maximum atomic E-state index is 12.3. The third-order valence-electron chi connectivity index (χ3n) is 4.99. The van der Waals surface area contributed by atoms with E-state index < -0.39 is 13.7 Å². The monoisotopic (exact) mass is 371 g/mol. The smallest absolute Gasteiger partial charge is 0.231 e. The minimum atomic E-state index is -1.94. The summed E-state index contributed by atoms with van der Waals surface area (Å²) in [5.74, 6) is -0.450. The molecular formula is C20H41NO3Si. The SMILES string of the molecule is CCCCCCC(CC(=O)NC(=O)C(C)(C)C)O[Si](C)(C)C(C)(C)C. The average Bonchev–Trinajstić information content (AvgIpc) is 2.40. The number of imide groups is 1. The first-order valence-electron chi connectivity index (χ1n) is 9.73. The van der Waals surface area contributed by atoms with E-state index in [0.29, 0.717) is 0 Å². The van der Waals surface area contributed by atoms with Gasteiger partial charge in [-0.1, -0.05) is 74.1 Å². The fourth-order valence-corrected chi connectivity index (χ4v) is 3.55. The van der Waals surface area contributed by atoms with Gasteiger partial charge in [-0.15, -0.1) is 0 Å². The van der Waals surface area contributed by atoms with E-state index in [-0.39, 0.29) is 29.4 Å². The summed E-state index contributed by atoms with van der Waals surface area (Å²) in [7, 11) is -1.94. The fraction of sp³-hybridized carbons (Fsp3) is 0.900. The molecule has 5 heteroatoms. The van der Waals surface area contributed by atoms with E-state index in [2.05, 4.69) is 46.1 Å². The van der Waals surface area contributed by atoms with Crippen molar-refractivity contribution in [2.45, 2.75) is 111 Å². The standard InChI is InChI=1S/C20H41NO3Si/c1-10-11-12-13-14-16(24-25(8,9)20(5,6)7)15-17(22)21-18(23)19(2,3)4/h16H,10-15H2,1-9H3,(H,21,22,23). The van der Waals surface area contributed by atoms with E-state index in [1.807, 2.05) is 20.8 Å². The lowest BCUT2D eigenvalue weighted by molar-refractivity contribution is -0.136. The first-order valence-corrected chi connectivity index (χ1v) is 12.6. The van der Waals surface area contributed by atoms with Crippen molar-refractivity contribution in [2.75, 3.05) is 0 Å². The summed E-state index contributed by atoms with van der Waals surface area (Å²) >= 11 is 0. The summed E-state index contributed by atoms with van der Waals surface area (Å²) < 4.78 is 6.49. The Kier molecular flexibility index (Phi) is 9.59. The zero-order chi connectivity index (χ0) is 19.9. The van der Waals surface area contributed by atoms with Gasteiger partial charge in [-0.05, 0) is 24.6 Å². The topological polar surface area (TPSA) is 55.4 Å². The average molecular weight is 372 g/mol. The van der Waals surface area contributed by atoms with Crippen molar-refractivity contribution in [3.05, 3.63) is 0 Å². The van der Waals surface area contributed by atoms with Crippen LogP contribution >= 0.6 is 0 Å². The van der Waals surface area contributed by atoms with E-state index in [0.717, 1.165) is 19.3 Å². The number of hydrogen-bond donors (Lipinski definition) is 1. The second kappa shape index (κ2) is 9.86. The van der Waals surface area contributed by atoms with Crippen LogP contribution in [0.25, 0.3) is 0 Å². The first-order chi connectivity index (χ1) is 11.2. The third-order valence-corrected chi connectivity index (χ3v) is 9.53. The summed E-state index contributed by atoms with van der Waals surface area (Å²) in [4.78, 5) is 24.4. The molecule has 0 aromatic rings. The Morgan fingerprint density at radius 2 is 1.56 bits per heavy atom. The number of carbonyl (C=O) groups is 2. The first kappa shape index (κ1) is 24.3. The molecule has 0 aromatic heterocycles. The van der Waals surface area contributed by atoms with E-state index >= 15 is 0 Å². The number of amides is 2. The lowest BCUT2D eigenvalue weighted by atomic mass is 9.95. The van der Waals surface area contributed by atoms with Gasteiger partial charge in [0.1, 0.15) is 0 Å². The molecule has 2 amide bonds. The zero-order valence-corrected chi connectivity index (χ0v) is 19.0. The molecule has 0 aliphatic carbocycles. The van der Waals surface area contributed by atoms with Gasteiger partial charge in [-0.3, -0.25) is 14.9 Å². The summed E-state index contributed by atoms with van der Waals surface area (Å²) in [6, 6.07) is 0. The number of carbonyl (C=O) groups excluding carboxylic acids is 2. The molecule has 0 bridgehead atoms. The lowest BCUT2D eigenvalue weighted by Crippen LogP contribution is -2.46. The van der Waals surface area contributed by atoms with Gasteiger partial charge < -0.3 is 4.43 Å². The molecule has 1 N–H and O–H groups in total. The molecule has 148 valence electrons. The molecular weight excluding hydrogens is 330 g/mol. The number of rotatable bonds is 9. The van der Waals surface area contributed by atoms with E-state index in [4.69, 9.17) is 4.43 Å². The Morgan fingerprint density at radius 3 is 2.00 bits per heavy atom. The Labute approximate surface area is 156 Å². The molecule has 0 aliphatic rings. The largest absolute Gasteiger partial charge is 0.413 e. The van der Waals surface area contributed by atoms with E-state index in [1.54, 1.807) is 0 Å². The van der Waals surface area contributed by atoms with Crippen molar-refractivity contribution in [2.24, 2.45) is 5.41 Å². The van der Waals surface area contributed by atoms with Gasteiger partial charge in [0.25, 0.3) is 0 Å². The van der Waals surface area contributed by atoms with E-state index in [9.17, 15) is 9.59 Å². The van der Waals surface area contributed by atoms with Crippen LogP contribution in [0.15, 0.2) is 0 Å². The molecule has 0 fully saturated rings. The van der Waals surface area contributed by atoms with Gasteiger partial charge in [0.15, 0.2) is 8.32 Å². The quantitative estimate of drug-likeness (QED) is 0.434. The Morgan fingerprint density at radius 1 is 1.00 bits per heavy atom. The normalized spacial score (nSPS) is 14.3. The van der Waals surface area contributed by atoms with Crippen LogP contribution in [0.4, 0.5) is 0 Å². The Balaban J connectivity index is 4.89. The summed E-state index contributed by atoms with van der Waals surface area (Å²) in [6.45, 7) is 18.7. The van der Waals surface area contributed by atoms with Crippen molar-refractivity contribution in [3.8, 4) is 0 Å². The second-order valence-corrected chi connectivity index (χ2v) is 14.4. The molecule has 0 heterocycles. The highest BCUT2D eigenvalue weighted by Crippen LogP contribution is 2.38. The molecule has 4 nitrogen and oxygen atoms in total. The summed E-state index contributed by atoms with van der Waals surface area (Å²) in [5.41, 5.74) is -0.563. The molecule has 0 saturated heterocycles. The molecule has 25 heavy (non-hydrogen) atoms. The molecule has 0 rings (SSSR count). The highest BCUT2D eigenvalue weighted by molar-refractivity contribution is 6.74. The van der Waals surface area contributed by atoms with Crippen LogP contribution in [0.3, 0.4) is 0 Å². The van der Waals surface area contributed by atoms with Gasteiger partial charge in [-0.25, -0.2) is 0 Å². The molecule has 0 aliphatic heterocycles. The van der Waals surface area contributed by atoms with Crippen LogP contribution in [0.5, 0.6) is 0 Å². The minimum absolute atomic E-state index is 0.104. The molecule has 1 unspecified atom stereocenters. The summed E-state index contributed by atoms with van der Waals surface area (Å²) in [5, 5.41) is 2.64. The van der Waals surface area contributed by atoms with Gasteiger partial charge in [0.05, 0.1) is 12.5 Å². The van der Waals surface area contributed by atoms with Crippen molar-refractivity contribution >= 4 is 20.1 Å². The Bertz CT molecular complexity index is 433. The van der Waals surface area contributed by atoms with Gasteiger partial charge in [0, 0.05) is 5.41 Å². The second-order valence-electron chi connectivity index (χ2n) is 9.68. The van der Waals surface area contributed by atoms with Crippen molar-refractivity contribution in [1.29, 1.82) is 0 Å². The van der Waals surface area contributed by atoms with Gasteiger partial charge in [0.2, 0.25) is 11.8 Å². The van der Waals surface area contributed by atoms with Gasteiger partial charge in [-0.2, -0.15) is 0 Å². The van der Waals surface area contributed by atoms with Crippen molar-refractivity contribution in [1.82, 2.24) is 5.32 Å². The molecule has 1 atom stereocenters. The van der Waals surface area contributed by atoms with Crippen LogP contribution in [-0.2, 0) is 14.0 Å². The maximum Gasteiger partial charge on any atom is 0.231 e. The third kappa shape index (κ3) is 9.55. The molecule has 0 radical (unpaired) electrons. The van der Waals surface area contributed by atoms with Crippen LogP contribution in [0.2, 0.25) is 18.1 Å². The molecule has 0 saturated carbocycles. The predicted molar refractivity (Wildman–Crippen MR) is 108 cm³/mol. The van der Waals surface area contributed by atoms with E-state index in [1.165, 1.54) is 12.8 Å².